The molecule has 0 saturated carbocycles. The van der Waals surface area contributed by atoms with Crippen molar-refractivity contribution >= 4 is 17.3 Å². The summed E-state index contributed by atoms with van der Waals surface area (Å²) in [5, 5.41) is 6.58. The van der Waals surface area contributed by atoms with Gasteiger partial charge in [-0.05, 0) is 31.2 Å². The van der Waals surface area contributed by atoms with Gasteiger partial charge in [0.15, 0.2) is 5.69 Å². The Bertz CT molecular complexity index is 1150. The van der Waals surface area contributed by atoms with E-state index in [1.807, 2.05) is 0 Å². The van der Waals surface area contributed by atoms with Crippen molar-refractivity contribution in [3.63, 3.8) is 0 Å². The van der Waals surface area contributed by atoms with E-state index in [4.69, 9.17) is 0 Å². The van der Waals surface area contributed by atoms with Crippen LogP contribution in [0.3, 0.4) is 0 Å². The van der Waals surface area contributed by atoms with Crippen LogP contribution in [0.25, 0.3) is 5.69 Å². The summed E-state index contributed by atoms with van der Waals surface area (Å²) in [6, 6.07) is 12.9. The Balaban J connectivity index is 2.08. The third-order valence-corrected chi connectivity index (χ3v) is 4.39. The topological polar surface area (TPSA) is 67.2 Å². The first-order valence-corrected chi connectivity index (χ1v) is 8.95. The van der Waals surface area contributed by atoms with Crippen LogP contribution in [0, 0.1) is 6.92 Å². The lowest BCUT2D eigenvalue weighted by Crippen LogP contribution is -2.28. The Hall–Kier alpha value is -3.62. The molecule has 1 amide bonds. The van der Waals surface area contributed by atoms with Crippen LogP contribution in [0.1, 0.15) is 21.7 Å². The summed E-state index contributed by atoms with van der Waals surface area (Å²) in [6.45, 7) is 1.45. The lowest BCUT2D eigenvalue weighted by atomic mass is 10.1. The maximum atomic E-state index is 13.4. The molecule has 6 nitrogen and oxygen atoms in total. The second-order valence-corrected chi connectivity index (χ2v) is 6.79. The number of benzene rings is 2. The molecular weight excluding hydrogens is 397 g/mol. The first-order chi connectivity index (χ1) is 14.1. The largest absolute Gasteiger partial charge is 0.418 e. The van der Waals surface area contributed by atoms with E-state index in [1.54, 1.807) is 43.3 Å². The van der Waals surface area contributed by atoms with Crippen molar-refractivity contribution < 1.29 is 18.0 Å². The Morgan fingerprint density at radius 3 is 2.37 bits per heavy atom. The maximum Gasteiger partial charge on any atom is 0.418 e. The van der Waals surface area contributed by atoms with Crippen molar-refractivity contribution in [2.24, 2.45) is 0 Å². The van der Waals surface area contributed by atoms with Crippen LogP contribution in [0.4, 0.5) is 24.5 Å². The van der Waals surface area contributed by atoms with Gasteiger partial charge < -0.3 is 10.2 Å². The molecule has 0 aliphatic carbocycles. The highest BCUT2D eigenvalue weighted by Gasteiger charge is 2.34. The number of carbonyl (C=O) groups excluding carboxylic acids is 1. The second kappa shape index (κ2) is 8.02. The zero-order valence-electron chi connectivity index (χ0n) is 16.5. The Labute approximate surface area is 170 Å². The van der Waals surface area contributed by atoms with Gasteiger partial charge in [-0.15, -0.1) is 0 Å². The van der Waals surface area contributed by atoms with E-state index in [-0.39, 0.29) is 11.4 Å². The number of para-hydroxylation sites is 3. The first kappa shape index (κ1) is 21.1. The summed E-state index contributed by atoms with van der Waals surface area (Å²) < 4.78 is 41.2. The summed E-state index contributed by atoms with van der Waals surface area (Å²) in [7, 11) is 3.58. The third-order valence-electron chi connectivity index (χ3n) is 4.39. The predicted molar refractivity (Wildman–Crippen MR) is 108 cm³/mol. The van der Waals surface area contributed by atoms with Crippen LogP contribution >= 0.6 is 0 Å². The fraction of sp³-hybridized carbons (Fsp3) is 0.190. The lowest BCUT2D eigenvalue weighted by molar-refractivity contribution is -0.137. The predicted octanol–water partition coefficient (Wildman–Crippen LogP) is 3.88. The van der Waals surface area contributed by atoms with E-state index in [9.17, 15) is 22.8 Å². The quantitative estimate of drug-likeness (QED) is 0.701. The number of carbonyl (C=O) groups is 1. The molecule has 0 atom stereocenters. The molecule has 0 saturated heterocycles. The van der Waals surface area contributed by atoms with Crippen LogP contribution < -0.4 is 15.6 Å². The molecule has 1 heterocycles. The number of halogens is 3. The zero-order valence-corrected chi connectivity index (χ0v) is 16.5. The van der Waals surface area contributed by atoms with Gasteiger partial charge in [-0.2, -0.15) is 18.3 Å². The molecule has 0 fully saturated rings. The monoisotopic (exact) mass is 416 g/mol. The second-order valence-electron chi connectivity index (χ2n) is 6.79. The van der Waals surface area contributed by atoms with Gasteiger partial charge in [0.1, 0.15) is 0 Å². The van der Waals surface area contributed by atoms with Crippen molar-refractivity contribution in [1.29, 1.82) is 0 Å². The smallest absolute Gasteiger partial charge is 0.376 e. The SMILES string of the molecule is Cc1cc(=O)c(C(=O)Nc2ccccc2N(C)C)nn1-c1ccccc1C(F)(F)F. The van der Waals surface area contributed by atoms with Gasteiger partial charge in [-0.1, -0.05) is 24.3 Å². The zero-order chi connectivity index (χ0) is 22.1. The highest BCUT2D eigenvalue weighted by Crippen LogP contribution is 2.33. The molecule has 9 heteroatoms. The number of nitrogens with zero attached hydrogens (tertiary/aromatic N) is 3. The number of aryl methyl sites for hydroxylation is 1. The fourth-order valence-corrected chi connectivity index (χ4v) is 3.00. The first-order valence-electron chi connectivity index (χ1n) is 8.95. The van der Waals surface area contributed by atoms with Gasteiger partial charge in [0.05, 0.1) is 22.6 Å². The fourth-order valence-electron chi connectivity index (χ4n) is 3.00. The molecule has 3 aromatic rings. The summed E-state index contributed by atoms with van der Waals surface area (Å²) in [4.78, 5) is 26.9. The summed E-state index contributed by atoms with van der Waals surface area (Å²) >= 11 is 0. The minimum absolute atomic E-state index is 0.168. The number of alkyl halides is 3. The minimum Gasteiger partial charge on any atom is -0.376 e. The number of anilines is 2. The highest BCUT2D eigenvalue weighted by atomic mass is 19.4. The molecule has 30 heavy (non-hydrogen) atoms. The number of nitrogens with one attached hydrogen (secondary N) is 1. The molecule has 0 spiro atoms. The van der Waals surface area contributed by atoms with Gasteiger partial charge in [0.2, 0.25) is 5.43 Å². The number of amides is 1. The van der Waals surface area contributed by atoms with Crippen molar-refractivity contribution in [2.75, 3.05) is 24.3 Å². The molecule has 156 valence electrons. The van der Waals surface area contributed by atoms with Gasteiger partial charge in [-0.25, -0.2) is 4.68 Å². The van der Waals surface area contributed by atoms with Crippen molar-refractivity contribution in [1.82, 2.24) is 9.78 Å². The van der Waals surface area contributed by atoms with E-state index in [1.165, 1.54) is 25.1 Å². The van der Waals surface area contributed by atoms with Gasteiger partial charge in [0, 0.05) is 25.9 Å². The normalized spacial score (nSPS) is 11.3. The van der Waals surface area contributed by atoms with E-state index < -0.39 is 28.8 Å². The van der Waals surface area contributed by atoms with E-state index in [0.717, 1.165) is 16.8 Å². The molecule has 0 radical (unpaired) electrons. The molecule has 0 unspecified atom stereocenters. The van der Waals surface area contributed by atoms with E-state index in [0.29, 0.717) is 11.4 Å². The highest BCUT2D eigenvalue weighted by molar-refractivity contribution is 6.04. The van der Waals surface area contributed by atoms with Crippen LogP contribution in [0.5, 0.6) is 0 Å². The number of hydrogen-bond acceptors (Lipinski definition) is 4. The van der Waals surface area contributed by atoms with Crippen molar-refractivity contribution in [3.8, 4) is 5.69 Å². The Kier molecular flexibility index (Phi) is 5.64. The van der Waals surface area contributed by atoms with Crippen molar-refractivity contribution in [3.05, 3.63) is 81.8 Å². The van der Waals surface area contributed by atoms with Crippen LogP contribution in [0.15, 0.2) is 59.4 Å². The van der Waals surface area contributed by atoms with Gasteiger partial charge in [-0.3, -0.25) is 9.59 Å². The molecule has 3 rings (SSSR count). The summed E-state index contributed by atoms with van der Waals surface area (Å²) in [6.07, 6.45) is -4.62. The van der Waals surface area contributed by atoms with Crippen LogP contribution in [0.2, 0.25) is 0 Å². The van der Waals surface area contributed by atoms with Gasteiger partial charge >= 0.3 is 6.18 Å². The molecule has 2 aromatic carbocycles. The van der Waals surface area contributed by atoms with E-state index in [2.05, 4.69) is 10.4 Å². The Morgan fingerprint density at radius 2 is 1.70 bits per heavy atom. The average Bonchev–Trinajstić information content (AvgIpc) is 2.67. The molecule has 1 N–H and O–H groups in total. The number of rotatable bonds is 4. The molecule has 0 aliphatic rings. The van der Waals surface area contributed by atoms with E-state index >= 15 is 0 Å². The maximum absolute atomic E-state index is 13.4. The third kappa shape index (κ3) is 4.19. The molecule has 0 bridgehead atoms. The molecule has 1 aromatic heterocycles. The average molecular weight is 416 g/mol. The summed E-state index contributed by atoms with van der Waals surface area (Å²) in [5.41, 5.74) is -1.09. The van der Waals surface area contributed by atoms with Gasteiger partial charge in [0.25, 0.3) is 5.91 Å². The van der Waals surface area contributed by atoms with Crippen LogP contribution in [-0.4, -0.2) is 29.8 Å². The summed E-state index contributed by atoms with van der Waals surface area (Å²) in [5.74, 6) is -0.812. The lowest BCUT2D eigenvalue weighted by Gasteiger charge is -2.18. The Morgan fingerprint density at radius 1 is 1.07 bits per heavy atom. The van der Waals surface area contributed by atoms with Crippen LogP contribution in [-0.2, 0) is 6.18 Å². The molecular formula is C21H19F3N4O2. The van der Waals surface area contributed by atoms with Crippen molar-refractivity contribution in [2.45, 2.75) is 13.1 Å². The minimum atomic E-state index is -4.62. The molecule has 0 aliphatic heterocycles. The number of hydrogen-bond donors (Lipinski definition) is 1. The number of aromatic nitrogens is 2. The standard InChI is InChI=1S/C21H19F3N4O2/c1-13-12-18(29)19(20(30)25-15-9-5-7-11-17(15)27(2)3)26-28(13)16-10-6-4-8-14(16)21(22,23)24/h4-12H,1-3H3,(H,25,30).